The predicted octanol–water partition coefficient (Wildman–Crippen LogP) is 4.14. The summed E-state index contributed by atoms with van der Waals surface area (Å²) < 4.78 is 18.4. The highest BCUT2D eigenvalue weighted by atomic mass is 35.5. The van der Waals surface area contributed by atoms with Crippen LogP contribution >= 0.6 is 11.6 Å². The second kappa shape index (κ2) is 5.93. The van der Waals surface area contributed by atoms with E-state index in [4.69, 9.17) is 16.0 Å². The van der Waals surface area contributed by atoms with E-state index < -0.39 is 0 Å². The van der Waals surface area contributed by atoms with Gasteiger partial charge in [-0.05, 0) is 36.4 Å². The molecule has 0 amide bonds. The smallest absolute Gasteiger partial charge is 0.249 e. The number of anilines is 1. The van der Waals surface area contributed by atoms with Gasteiger partial charge in [0.2, 0.25) is 11.8 Å². The van der Waals surface area contributed by atoms with Crippen LogP contribution in [-0.2, 0) is 6.54 Å². The van der Waals surface area contributed by atoms with Crippen LogP contribution in [-0.4, -0.2) is 10.2 Å². The minimum Gasteiger partial charge on any atom is -0.419 e. The summed E-state index contributed by atoms with van der Waals surface area (Å²) >= 11 is 6.08. The third kappa shape index (κ3) is 3.20. The van der Waals surface area contributed by atoms with Gasteiger partial charge in [-0.3, -0.25) is 0 Å². The molecule has 0 bridgehead atoms. The Morgan fingerprint density at radius 3 is 2.57 bits per heavy atom. The lowest BCUT2D eigenvalue weighted by Gasteiger charge is -2.02. The van der Waals surface area contributed by atoms with Crippen molar-refractivity contribution < 1.29 is 8.81 Å². The fourth-order valence-electron chi connectivity index (χ4n) is 1.81. The summed E-state index contributed by atoms with van der Waals surface area (Å²) in [6.07, 6.45) is 0. The molecule has 1 N–H and O–H groups in total. The number of hydrogen-bond donors (Lipinski definition) is 1. The molecule has 3 rings (SSSR count). The van der Waals surface area contributed by atoms with Crippen LogP contribution in [0.4, 0.5) is 10.1 Å². The van der Waals surface area contributed by atoms with E-state index in [2.05, 4.69) is 15.5 Å². The maximum absolute atomic E-state index is 12.8. The van der Waals surface area contributed by atoms with Crippen LogP contribution in [0.2, 0.25) is 5.02 Å². The largest absolute Gasteiger partial charge is 0.419 e. The Morgan fingerprint density at radius 1 is 1.05 bits per heavy atom. The van der Waals surface area contributed by atoms with Crippen molar-refractivity contribution in [2.24, 2.45) is 0 Å². The molecule has 1 heterocycles. The van der Waals surface area contributed by atoms with E-state index in [1.807, 2.05) is 18.2 Å². The zero-order valence-corrected chi connectivity index (χ0v) is 11.6. The molecule has 0 aliphatic carbocycles. The van der Waals surface area contributed by atoms with Crippen molar-refractivity contribution in [3.05, 3.63) is 65.3 Å². The Balaban J connectivity index is 1.71. The molecule has 6 heteroatoms. The monoisotopic (exact) mass is 303 g/mol. The van der Waals surface area contributed by atoms with Crippen molar-refractivity contribution in [1.29, 1.82) is 0 Å². The van der Waals surface area contributed by atoms with Gasteiger partial charge in [-0.2, -0.15) is 0 Å². The Hall–Kier alpha value is -2.40. The second-order valence-electron chi connectivity index (χ2n) is 4.34. The normalized spacial score (nSPS) is 10.6. The molecule has 3 aromatic rings. The summed E-state index contributed by atoms with van der Waals surface area (Å²) in [6, 6.07) is 13.3. The lowest BCUT2D eigenvalue weighted by Crippen LogP contribution is -1.99. The van der Waals surface area contributed by atoms with Crippen molar-refractivity contribution in [1.82, 2.24) is 10.2 Å². The van der Waals surface area contributed by atoms with Crippen LogP contribution in [0.5, 0.6) is 0 Å². The van der Waals surface area contributed by atoms with Gasteiger partial charge in [0, 0.05) is 5.69 Å². The first-order valence-corrected chi connectivity index (χ1v) is 6.67. The van der Waals surface area contributed by atoms with E-state index in [1.54, 1.807) is 18.2 Å². The van der Waals surface area contributed by atoms with Crippen molar-refractivity contribution in [2.75, 3.05) is 5.32 Å². The second-order valence-corrected chi connectivity index (χ2v) is 4.75. The summed E-state index contributed by atoms with van der Waals surface area (Å²) in [4.78, 5) is 0. The minimum absolute atomic E-state index is 0.278. The van der Waals surface area contributed by atoms with Gasteiger partial charge < -0.3 is 9.73 Å². The lowest BCUT2D eigenvalue weighted by molar-refractivity contribution is 0.515. The highest BCUT2D eigenvalue weighted by Crippen LogP contribution is 2.26. The molecule has 4 nitrogen and oxygen atoms in total. The average molecular weight is 304 g/mol. The molecule has 21 heavy (non-hydrogen) atoms. The highest BCUT2D eigenvalue weighted by Gasteiger charge is 2.11. The zero-order valence-electron chi connectivity index (χ0n) is 10.9. The third-order valence-corrected chi connectivity index (χ3v) is 3.19. The Kier molecular flexibility index (Phi) is 3.83. The van der Waals surface area contributed by atoms with E-state index in [1.165, 1.54) is 12.1 Å². The fraction of sp³-hybridized carbons (Fsp3) is 0.0667. The van der Waals surface area contributed by atoms with Gasteiger partial charge in [0.1, 0.15) is 5.82 Å². The maximum atomic E-state index is 12.8. The molecule has 0 unspecified atom stereocenters. The van der Waals surface area contributed by atoms with Crippen LogP contribution in [0, 0.1) is 5.82 Å². The van der Waals surface area contributed by atoms with Crippen molar-refractivity contribution in [2.45, 2.75) is 6.54 Å². The average Bonchev–Trinajstić information content (AvgIpc) is 2.96. The molecular formula is C15H11ClFN3O. The summed E-state index contributed by atoms with van der Waals surface area (Å²) in [5.41, 5.74) is 1.47. The van der Waals surface area contributed by atoms with Crippen molar-refractivity contribution in [3.8, 4) is 11.5 Å². The van der Waals surface area contributed by atoms with Crippen LogP contribution < -0.4 is 5.32 Å². The first kappa shape index (κ1) is 13.6. The summed E-state index contributed by atoms with van der Waals surface area (Å²) in [5, 5.41) is 11.6. The first-order valence-electron chi connectivity index (χ1n) is 6.29. The summed E-state index contributed by atoms with van der Waals surface area (Å²) in [5.74, 6) is 0.519. The maximum Gasteiger partial charge on any atom is 0.249 e. The molecule has 0 aliphatic heterocycles. The molecule has 1 aromatic heterocycles. The Bertz CT molecular complexity index is 743. The summed E-state index contributed by atoms with van der Waals surface area (Å²) in [6.45, 7) is 0.350. The lowest BCUT2D eigenvalue weighted by atomic mass is 10.2. The first-order chi connectivity index (χ1) is 10.2. The molecular weight excluding hydrogens is 293 g/mol. The fourth-order valence-corrected chi connectivity index (χ4v) is 2.03. The molecule has 2 aromatic carbocycles. The molecule has 0 atom stereocenters. The van der Waals surface area contributed by atoms with Crippen LogP contribution in [0.3, 0.4) is 0 Å². The van der Waals surface area contributed by atoms with Gasteiger partial charge in [0.05, 0.1) is 17.1 Å². The highest BCUT2D eigenvalue weighted by molar-refractivity contribution is 6.33. The van der Waals surface area contributed by atoms with Gasteiger partial charge in [0.25, 0.3) is 0 Å². The van der Waals surface area contributed by atoms with Gasteiger partial charge in [-0.25, -0.2) is 4.39 Å². The Labute approximate surface area is 125 Å². The van der Waals surface area contributed by atoms with Gasteiger partial charge >= 0.3 is 0 Å². The van der Waals surface area contributed by atoms with E-state index in [9.17, 15) is 4.39 Å². The number of nitrogens with zero attached hydrogens (tertiary/aromatic N) is 2. The SMILES string of the molecule is Fc1ccc(NCc2nnc(-c3ccccc3Cl)o2)cc1. The minimum atomic E-state index is -0.278. The Morgan fingerprint density at radius 2 is 1.81 bits per heavy atom. The molecule has 0 saturated heterocycles. The van der Waals surface area contributed by atoms with Crippen LogP contribution in [0.15, 0.2) is 52.9 Å². The van der Waals surface area contributed by atoms with Crippen molar-refractivity contribution in [3.63, 3.8) is 0 Å². The van der Waals surface area contributed by atoms with Crippen LogP contribution in [0.1, 0.15) is 5.89 Å². The van der Waals surface area contributed by atoms with Crippen LogP contribution in [0.25, 0.3) is 11.5 Å². The van der Waals surface area contributed by atoms with E-state index in [0.29, 0.717) is 28.9 Å². The van der Waals surface area contributed by atoms with E-state index >= 15 is 0 Å². The summed E-state index contributed by atoms with van der Waals surface area (Å²) in [7, 11) is 0. The molecule has 0 saturated carbocycles. The number of nitrogens with one attached hydrogen (secondary N) is 1. The number of rotatable bonds is 4. The van der Waals surface area contributed by atoms with Gasteiger partial charge in [0.15, 0.2) is 0 Å². The van der Waals surface area contributed by atoms with Gasteiger partial charge in [-0.15, -0.1) is 10.2 Å². The number of halogens is 2. The zero-order chi connectivity index (χ0) is 14.7. The van der Waals surface area contributed by atoms with Crippen molar-refractivity contribution >= 4 is 17.3 Å². The molecule has 0 spiro atoms. The molecule has 0 aliphatic rings. The molecule has 0 fully saturated rings. The third-order valence-electron chi connectivity index (χ3n) is 2.86. The predicted molar refractivity (Wildman–Crippen MR) is 78.5 cm³/mol. The quantitative estimate of drug-likeness (QED) is 0.787. The molecule has 106 valence electrons. The number of benzene rings is 2. The molecule has 0 radical (unpaired) electrons. The standard InChI is InChI=1S/C15H11ClFN3O/c16-13-4-2-1-3-12(13)15-20-19-14(21-15)9-18-11-7-5-10(17)6-8-11/h1-8,18H,9H2. The van der Waals surface area contributed by atoms with Gasteiger partial charge in [-0.1, -0.05) is 23.7 Å². The topological polar surface area (TPSA) is 51.0 Å². The number of hydrogen-bond acceptors (Lipinski definition) is 4. The number of aromatic nitrogens is 2. The van der Waals surface area contributed by atoms with E-state index in [-0.39, 0.29) is 5.82 Å². The van der Waals surface area contributed by atoms with E-state index in [0.717, 1.165) is 5.69 Å².